The van der Waals surface area contributed by atoms with Crippen LogP contribution < -0.4 is 5.32 Å². The molecule has 0 atom stereocenters. The van der Waals surface area contributed by atoms with Crippen LogP contribution >= 0.6 is 34.8 Å². The van der Waals surface area contributed by atoms with Crippen LogP contribution in [0.2, 0.25) is 15.3 Å². The molecule has 2 rings (SSSR count). The molecule has 0 spiro atoms. The van der Waals surface area contributed by atoms with E-state index >= 15 is 0 Å². The fraction of sp³-hybridized carbons (Fsp3) is 0. The Morgan fingerprint density at radius 2 is 1.95 bits per heavy atom. The van der Waals surface area contributed by atoms with Crippen LogP contribution in [0, 0.1) is 11.3 Å². The lowest BCUT2D eigenvalue weighted by atomic mass is 10.2. The van der Waals surface area contributed by atoms with Crippen LogP contribution in [0.4, 0.5) is 5.69 Å². The van der Waals surface area contributed by atoms with Crippen LogP contribution in [0.15, 0.2) is 30.3 Å². The predicted octanol–water partition coefficient (Wildman–Crippen LogP) is 4.17. The molecule has 1 heterocycles. The Labute approximate surface area is 129 Å². The number of halogens is 3. The highest BCUT2D eigenvalue weighted by molar-refractivity contribution is 6.35. The summed E-state index contributed by atoms with van der Waals surface area (Å²) in [7, 11) is 0. The number of aromatic nitrogens is 1. The van der Waals surface area contributed by atoms with Crippen molar-refractivity contribution < 1.29 is 4.79 Å². The Bertz CT molecular complexity index is 725. The molecule has 0 aliphatic rings. The van der Waals surface area contributed by atoms with Crippen molar-refractivity contribution in [3.05, 3.63) is 56.8 Å². The summed E-state index contributed by atoms with van der Waals surface area (Å²) >= 11 is 17.3. The van der Waals surface area contributed by atoms with Gasteiger partial charge in [-0.3, -0.25) is 4.79 Å². The zero-order valence-corrected chi connectivity index (χ0v) is 12.1. The van der Waals surface area contributed by atoms with Gasteiger partial charge < -0.3 is 5.32 Å². The average molecular weight is 327 g/mol. The van der Waals surface area contributed by atoms with Gasteiger partial charge in [0.05, 0.1) is 16.8 Å². The van der Waals surface area contributed by atoms with Gasteiger partial charge in [-0.15, -0.1) is 0 Å². The molecule has 100 valence electrons. The third-order valence-electron chi connectivity index (χ3n) is 2.41. The first-order valence-corrected chi connectivity index (χ1v) is 6.47. The molecular weight excluding hydrogens is 321 g/mol. The van der Waals surface area contributed by atoms with Crippen molar-refractivity contribution in [2.45, 2.75) is 0 Å². The largest absolute Gasteiger partial charge is 0.321 e. The first-order valence-electron chi connectivity index (χ1n) is 5.34. The van der Waals surface area contributed by atoms with E-state index in [1.165, 1.54) is 24.3 Å². The van der Waals surface area contributed by atoms with Crippen LogP contribution in [0.5, 0.6) is 0 Å². The Hall–Kier alpha value is -1.80. The topological polar surface area (TPSA) is 65.8 Å². The summed E-state index contributed by atoms with van der Waals surface area (Å²) in [6, 6.07) is 9.42. The number of carbonyl (C=O) groups is 1. The Morgan fingerprint density at radius 3 is 2.60 bits per heavy atom. The lowest BCUT2D eigenvalue weighted by molar-refractivity contribution is 0.102. The van der Waals surface area contributed by atoms with E-state index in [2.05, 4.69) is 10.3 Å². The highest BCUT2D eigenvalue weighted by Gasteiger charge is 2.14. The standard InChI is InChI=1S/C13H6Cl3N3O/c14-8-2-1-7(6-17)10(5-8)18-13(20)9-3-4-11(15)19-12(9)16/h1-5H,(H,18,20). The third kappa shape index (κ3) is 3.20. The molecule has 20 heavy (non-hydrogen) atoms. The highest BCUT2D eigenvalue weighted by Crippen LogP contribution is 2.23. The molecule has 0 saturated heterocycles. The summed E-state index contributed by atoms with van der Waals surface area (Å²) < 4.78 is 0. The van der Waals surface area contributed by atoms with Crippen LogP contribution in [0.1, 0.15) is 15.9 Å². The minimum Gasteiger partial charge on any atom is -0.321 e. The molecular formula is C13H6Cl3N3O. The minimum atomic E-state index is -0.502. The van der Waals surface area contributed by atoms with Gasteiger partial charge in [-0.05, 0) is 30.3 Å². The number of hydrogen-bond donors (Lipinski definition) is 1. The van der Waals surface area contributed by atoms with E-state index in [0.29, 0.717) is 16.3 Å². The maximum Gasteiger partial charge on any atom is 0.258 e. The zero-order chi connectivity index (χ0) is 14.7. The van der Waals surface area contributed by atoms with Gasteiger partial charge in [0.15, 0.2) is 0 Å². The van der Waals surface area contributed by atoms with Crippen molar-refractivity contribution in [1.29, 1.82) is 5.26 Å². The number of hydrogen-bond acceptors (Lipinski definition) is 3. The molecule has 4 nitrogen and oxygen atoms in total. The van der Waals surface area contributed by atoms with E-state index in [9.17, 15) is 4.79 Å². The van der Waals surface area contributed by atoms with E-state index in [4.69, 9.17) is 40.1 Å². The van der Waals surface area contributed by atoms with Crippen molar-refractivity contribution in [3.63, 3.8) is 0 Å². The molecule has 1 aromatic carbocycles. The monoisotopic (exact) mass is 325 g/mol. The number of pyridine rings is 1. The fourth-order valence-corrected chi connectivity index (χ4v) is 2.09. The smallest absolute Gasteiger partial charge is 0.258 e. The number of nitrogens with one attached hydrogen (secondary N) is 1. The van der Waals surface area contributed by atoms with Gasteiger partial charge in [-0.25, -0.2) is 4.98 Å². The Morgan fingerprint density at radius 1 is 1.20 bits per heavy atom. The second-order valence-corrected chi connectivity index (χ2v) is 4.91. The van der Waals surface area contributed by atoms with Gasteiger partial charge in [0, 0.05) is 5.02 Å². The Kier molecular flexibility index (Phi) is 4.46. The van der Waals surface area contributed by atoms with Crippen molar-refractivity contribution >= 4 is 46.4 Å². The van der Waals surface area contributed by atoms with Crippen molar-refractivity contribution in [2.75, 3.05) is 5.32 Å². The minimum absolute atomic E-state index is 0.0180. The first-order chi connectivity index (χ1) is 9.51. The van der Waals surface area contributed by atoms with Gasteiger partial charge in [0.2, 0.25) is 0 Å². The molecule has 1 aromatic heterocycles. The van der Waals surface area contributed by atoms with Crippen LogP contribution in [0.25, 0.3) is 0 Å². The molecule has 0 radical (unpaired) electrons. The van der Waals surface area contributed by atoms with Crippen molar-refractivity contribution in [2.24, 2.45) is 0 Å². The molecule has 1 amide bonds. The number of nitriles is 1. The summed E-state index contributed by atoms with van der Waals surface area (Å²) in [5.41, 5.74) is 0.747. The van der Waals surface area contributed by atoms with E-state index in [1.54, 1.807) is 6.07 Å². The molecule has 7 heteroatoms. The van der Waals surface area contributed by atoms with E-state index in [-0.39, 0.29) is 15.9 Å². The van der Waals surface area contributed by atoms with Gasteiger partial charge in [-0.2, -0.15) is 5.26 Å². The average Bonchev–Trinajstić information content (AvgIpc) is 2.38. The maximum atomic E-state index is 12.1. The second kappa shape index (κ2) is 6.10. The number of nitrogens with zero attached hydrogens (tertiary/aromatic N) is 2. The van der Waals surface area contributed by atoms with Crippen molar-refractivity contribution in [1.82, 2.24) is 4.98 Å². The molecule has 0 saturated carbocycles. The highest BCUT2D eigenvalue weighted by atomic mass is 35.5. The normalized spacial score (nSPS) is 9.90. The molecule has 2 aromatic rings. The summed E-state index contributed by atoms with van der Waals surface area (Å²) in [5, 5.41) is 12.1. The predicted molar refractivity (Wildman–Crippen MR) is 78.4 cm³/mol. The maximum absolute atomic E-state index is 12.1. The van der Waals surface area contributed by atoms with Crippen LogP contribution in [-0.4, -0.2) is 10.9 Å². The molecule has 0 fully saturated rings. The molecule has 0 aliphatic heterocycles. The van der Waals surface area contributed by atoms with E-state index in [0.717, 1.165) is 0 Å². The molecule has 0 bridgehead atoms. The zero-order valence-electron chi connectivity index (χ0n) is 9.82. The fourth-order valence-electron chi connectivity index (χ4n) is 1.49. The number of anilines is 1. The molecule has 1 N–H and O–H groups in total. The van der Waals surface area contributed by atoms with Crippen LogP contribution in [0.3, 0.4) is 0 Å². The van der Waals surface area contributed by atoms with E-state index in [1.807, 2.05) is 6.07 Å². The van der Waals surface area contributed by atoms with Crippen LogP contribution in [-0.2, 0) is 0 Å². The van der Waals surface area contributed by atoms with Gasteiger partial charge in [0.25, 0.3) is 5.91 Å². The summed E-state index contributed by atoms with van der Waals surface area (Å²) in [6.45, 7) is 0. The number of amides is 1. The Balaban J connectivity index is 2.33. The van der Waals surface area contributed by atoms with Gasteiger partial charge >= 0.3 is 0 Å². The molecule has 0 unspecified atom stereocenters. The SMILES string of the molecule is N#Cc1ccc(Cl)cc1NC(=O)c1ccc(Cl)nc1Cl. The number of carbonyl (C=O) groups excluding carboxylic acids is 1. The lowest BCUT2D eigenvalue weighted by Gasteiger charge is -2.08. The first kappa shape index (κ1) is 14.6. The quantitative estimate of drug-likeness (QED) is 0.842. The van der Waals surface area contributed by atoms with E-state index < -0.39 is 5.91 Å². The summed E-state index contributed by atoms with van der Waals surface area (Å²) in [4.78, 5) is 15.9. The van der Waals surface area contributed by atoms with Gasteiger partial charge in [-0.1, -0.05) is 34.8 Å². The third-order valence-corrected chi connectivity index (χ3v) is 3.14. The number of rotatable bonds is 2. The second-order valence-electron chi connectivity index (χ2n) is 3.73. The summed E-state index contributed by atoms with van der Waals surface area (Å²) in [6.07, 6.45) is 0. The van der Waals surface area contributed by atoms with Crippen molar-refractivity contribution in [3.8, 4) is 6.07 Å². The molecule has 0 aliphatic carbocycles. The summed E-state index contributed by atoms with van der Waals surface area (Å²) in [5.74, 6) is -0.502. The lowest BCUT2D eigenvalue weighted by Crippen LogP contribution is -2.14. The van der Waals surface area contributed by atoms with Gasteiger partial charge in [0.1, 0.15) is 16.4 Å². The number of benzene rings is 1.